The molecule has 8 nitrogen and oxygen atoms in total. The van der Waals surface area contributed by atoms with E-state index in [0.717, 1.165) is 12.1 Å². The number of nitrogens with two attached hydrogens (primary N) is 2. The molecule has 0 aromatic heterocycles. The fraction of sp³-hybridized carbons (Fsp3) is 0.333. The van der Waals surface area contributed by atoms with Crippen LogP contribution in [0.4, 0.5) is 33.3 Å². The van der Waals surface area contributed by atoms with E-state index in [4.69, 9.17) is 30.4 Å². The minimum atomic E-state index is -4.18. The normalized spacial score (nSPS) is 11.8. The van der Waals surface area contributed by atoms with Crippen molar-refractivity contribution in [2.75, 3.05) is 31.3 Å². The minimum absolute atomic E-state index is 0.00649. The van der Waals surface area contributed by atoms with E-state index in [1.54, 1.807) is 0 Å². The van der Waals surface area contributed by atoms with Crippen LogP contribution in [-0.4, -0.2) is 37.9 Å². The number of carbonyl (C=O) groups is 2. The van der Waals surface area contributed by atoms with Crippen LogP contribution in [0.25, 0.3) is 6.08 Å². The van der Waals surface area contributed by atoms with E-state index in [2.05, 4.69) is 0 Å². The fourth-order valence-corrected chi connectivity index (χ4v) is 4.03. The Morgan fingerprint density at radius 3 is 1.91 bits per heavy atom. The third kappa shape index (κ3) is 13.0. The summed E-state index contributed by atoms with van der Waals surface area (Å²) in [5.41, 5.74) is 12.4. The lowest BCUT2D eigenvalue weighted by Gasteiger charge is -2.18. The molecule has 0 saturated carbocycles. The van der Waals surface area contributed by atoms with Gasteiger partial charge in [-0.3, -0.25) is 0 Å². The Labute approximate surface area is 263 Å². The molecule has 0 spiro atoms. The number of hydrogen-bond donors (Lipinski definition) is 2. The number of rotatable bonds is 17. The Balaban J connectivity index is 1.34. The minimum Gasteiger partial charge on any atom is -0.494 e. The van der Waals surface area contributed by atoms with Crippen molar-refractivity contribution in [2.45, 2.75) is 50.8 Å². The van der Waals surface area contributed by atoms with Gasteiger partial charge in [0.2, 0.25) is 0 Å². The predicted octanol–water partition coefficient (Wildman–Crippen LogP) is 7.67. The Morgan fingerprint density at radius 2 is 1.28 bits per heavy atom. The summed E-state index contributed by atoms with van der Waals surface area (Å²) in [6.07, 6.45) is -4.36. The molecule has 0 aliphatic rings. The van der Waals surface area contributed by atoms with Gasteiger partial charge < -0.3 is 30.4 Å². The number of ether oxygens (including phenoxy) is 4. The second kappa shape index (κ2) is 17.0. The Kier molecular flexibility index (Phi) is 13.2. The molecule has 0 unspecified atom stereocenters. The van der Waals surface area contributed by atoms with Crippen molar-refractivity contribution < 1.29 is 50.5 Å². The van der Waals surface area contributed by atoms with Gasteiger partial charge in [-0.1, -0.05) is 12.1 Å². The maximum absolute atomic E-state index is 14.7. The quantitative estimate of drug-likeness (QED) is 0.0502. The number of unbranched alkanes of at least 4 members (excludes halogenated alkanes) is 3. The number of nitrogen functional groups attached to an aromatic ring is 2. The first kappa shape index (κ1) is 35.7. The van der Waals surface area contributed by atoms with Crippen LogP contribution >= 0.6 is 0 Å². The summed E-state index contributed by atoms with van der Waals surface area (Å²) in [4.78, 5) is 24.0. The molecule has 46 heavy (non-hydrogen) atoms. The Hall–Kier alpha value is -4.81. The van der Waals surface area contributed by atoms with Gasteiger partial charge in [-0.15, -0.1) is 0 Å². The van der Waals surface area contributed by atoms with Gasteiger partial charge in [-0.2, -0.15) is 22.0 Å². The van der Waals surface area contributed by atoms with Crippen molar-refractivity contribution in [3.8, 4) is 11.5 Å². The molecule has 0 saturated heterocycles. The van der Waals surface area contributed by atoms with Crippen LogP contribution in [0.2, 0.25) is 0 Å². The van der Waals surface area contributed by atoms with Gasteiger partial charge in [0, 0.05) is 23.9 Å². The van der Waals surface area contributed by atoms with E-state index in [0.29, 0.717) is 48.4 Å². The molecule has 13 heteroatoms. The SMILES string of the molecule is Nc1cc(N)cc(C(=O)OCCCCOC(=O)C=Cc2ccc(OC(F)(F)c3ccc(OCCCCCC(F)(F)F)cc3)cc2)c1. The third-order valence-corrected chi connectivity index (χ3v) is 6.33. The van der Waals surface area contributed by atoms with Crippen molar-refractivity contribution in [1.82, 2.24) is 0 Å². The summed E-state index contributed by atoms with van der Waals surface area (Å²) in [5.74, 6) is -0.958. The first-order chi connectivity index (χ1) is 21.8. The van der Waals surface area contributed by atoms with Crippen molar-refractivity contribution in [3.63, 3.8) is 0 Å². The van der Waals surface area contributed by atoms with Crippen LogP contribution in [0.5, 0.6) is 11.5 Å². The zero-order valence-electron chi connectivity index (χ0n) is 24.9. The first-order valence-corrected chi connectivity index (χ1v) is 14.5. The highest BCUT2D eigenvalue weighted by molar-refractivity contribution is 5.91. The number of hydrogen-bond acceptors (Lipinski definition) is 8. The Bertz CT molecular complexity index is 1420. The molecule has 4 N–H and O–H groups in total. The lowest BCUT2D eigenvalue weighted by atomic mass is 10.2. The van der Waals surface area contributed by atoms with Crippen molar-refractivity contribution in [2.24, 2.45) is 0 Å². The average Bonchev–Trinajstić information content (AvgIpc) is 2.99. The highest BCUT2D eigenvalue weighted by Gasteiger charge is 2.34. The van der Waals surface area contributed by atoms with Gasteiger partial charge in [0.1, 0.15) is 11.5 Å². The molecule has 0 bridgehead atoms. The first-order valence-electron chi connectivity index (χ1n) is 14.5. The number of anilines is 2. The standard InChI is InChI=1S/C33H35F5N2O6/c34-32(35,36)16-2-1-3-17-43-28-13-9-25(10-14-28)33(37,38)46-29-11-6-23(7-12-29)8-15-30(41)44-18-4-5-19-45-31(42)24-20-26(39)22-27(40)21-24/h6-15,20-22H,1-5,16-19,39-40H2. The van der Waals surface area contributed by atoms with Crippen LogP contribution in [0.3, 0.4) is 0 Å². The van der Waals surface area contributed by atoms with Gasteiger partial charge in [0.05, 0.1) is 30.9 Å². The molecule has 0 amide bonds. The van der Waals surface area contributed by atoms with Crippen molar-refractivity contribution >= 4 is 29.4 Å². The second-order valence-corrected chi connectivity index (χ2v) is 10.2. The van der Waals surface area contributed by atoms with E-state index in [1.807, 2.05) is 0 Å². The molecule has 0 heterocycles. The smallest absolute Gasteiger partial charge is 0.426 e. The molecule has 3 aromatic carbocycles. The van der Waals surface area contributed by atoms with Gasteiger partial charge in [-0.05, 0) is 98.3 Å². The predicted molar refractivity (Wildman–Crippen MR) is 162 cm³/mol. The zero-order chi connectivity index (χ0) is 33.6. The molecular weight excluding hydrogens is 615 g/mol. The van der Waals surface area contributed by atoms with Crippen LogP contribution in [-0.2, 0) is 20.4 Å². The Morgan fingerprint density at radius 1 is 0.696 bits per heavy atom. The van der Waals surface area contributed by atoms with Gasteiger partial charge in [0.15, 0.2) is 0 Å². The summed E-state index contributed by atoms with van der Waals surface area (Å²) in [7, 11) is 0. The van der Waals surface area contributed by atoms with E-state index < -0.39 is 36.2 Å². The molecule has 0 aliphatic heterocycles. The topological polar surface area (TPSA) is 123 Å². The molecular formula is C33H35F5N2O6. The van der Waals surface area contributed by atoms with Crippen LogP contribution in [0, 0.1) is 0 Å². The van der Waals surface area contributed by atoms with E-state index >= 15 is 0 Å². The number of halogens is 5. The highest BCUT2D eigenvalue weighted by atomic mass is 19.4. The third-order valence-electron chi connectivity index (χ3n) is 6.33. The average molecular weight is 651 g/mol. The van der Waals surface area contributed by atoms with Crippen molar-refractivity contribution in [3.05, 3.63) is 89.5 Å². The van der Waals surface area contributed by atoms with Gasteiger partial charge >= 0.3 is 24.2 Å². The summed E-state index contributed by atoms with van der Waals surface area (Å²) in [5, 5.41) is 0. The molecule has 0 fully saturated rings. The lowest BCUT2D eigenvalue weighted by Crippen LogP contribution is -2.21. The van der Waals surface area contributed by atoms with Crippen LogP contribution in [0.1, 0.15) is 60.0 Å². The van der Waals surface area contributed by atoms with E-state index in [9.17, 15) is 31.5 Å². The number of alkyl halides is 5. The van der Waals surface area contributed by atoms with E-state index in [-0.39, 0.29) is 37.6 Å². The number of esters is 2. The second-order valence-electron chi connectivity index (χ2n) is 10.2. The largest absolute Gasteiger partial charge is 0.494 e. The van der Waals surface area contributed by atoms with Crippen molar-refractivity contribution in [1.29, 1.82) is 0 Å². The lowest BCUT2D eigenvalue weighted by molar-refractivity contribution is -0.185. The van der Waals surface area contributed by atoms with Crippen LogP contribution in [0.15, 0.2) is 72.8 Å². The fourth-order valence-electron chi connectivity index (χ4n) is 4.03. The summed E-state index contributed by atoms with van der Waals surface area (Å²) in [6, 6.07) is 15.0. The number of carbonyl (C=O) groups excluding carboxylic acids is 2. The maximum atomic E-state index is 14.7. The summed E-state index contributed by atoms with van der Waals surface area (Å²) >= 11 is 0. The van der Waals surface area contributed by atoms with Gasteiger partial charge in [-0.25, -0.2) is 9.59 Å². The highest BCUT2D eigenvalue weighted by Crippen LogP contribution is 2.33. The molecule has 0 radical (unpaired) electrons. The molecule has 3 aromatic rings. The monoisotopic (exact) mass is 650 g/mol. The maximum Gasteiger partial charge on any atom is 0.426 e. The molecule has 3 rings (SSSR count). The molecule has 248 valence electrons. The van der Waals surface area contributed by atoms with Gasteiger partial charge in [0.25, 0.3) is 0 Å². The van der Waals surface area contributed by atoms with E-state index in [1.165, 1.54) is 66.7 Å². The summed E-state index contributed by atoms with van der Waals surface area (Å²) in [6.45, 7) is 0.393. The zero-order valence-corrected chi connectivity index (χ0v) is 24.9. The molecule has 0 atom stereocenters. The summed E-state index contributed by atoms with van der Waals surface area (Å²) < 4.78 is 86.4. The molecule has 0 aliphatic carbocycles. The van der Waals surface area contributed by atoms with Crippen LogP contribution < -0.4 is 20.9 Å². The number of benzene rings is 3.